The van der Waals surface area contributed by atoms with Gasteiger partial charge in [0.15, 0.2) is 0 Å². The minimum atomic E-state index is -0.848. The van der Waals surface area contributed by atoms with Gasteiger partial charge in [-0.1, -0.05) is 0 Å². The number of rotatable bonds is 2. The number of carbonyl (C=O) groups is 1. The molecule has 0 atom stereocenters. The molecule has 94 valence electrons. The first-order valence-electron chi connectivity index (χ1n) is 5.90. The van der Waals surface area contributed by atoms with Gasteiger partial charge in [0.25, 0.3) is 0 Å². The third-order valence-corrected chi connectivity index (χ3v) is 3.06. The van der Waals surface area contributed by atoms with Crippen molar-refractivity contribution < 1.29 is 14.6 Å². The molecule has 0 heterocycles. The maximum Gasteiger partial charge on any atom is 0.326 e. The van der Waals surface area contributed by atoms with E-state index in [4.69, 9.17) is 15.6 Å². The van der Waals surface area contributed by atoms with Gasteiger partial charge >= 0.3 is 5.97 Å². The summed E-state index contributed by atoms with van der Waals surface area (Å²) in [7, 11) is 0. The maximum absolute atomic E-state index is 11.9. The highest BCUT2D eigenvalue weighted by atomic mass is 16.6. The third-order valence-electron chi connectivity index (χ3n) is 3.06. The molecule has 3 N–H and O–H groups in total. The van der Waals surface area contributed by atoms with Crippen molar-refractivity contribution in [2.24, 2.45) is 11.7 Å². The lowest BCUT2D eigenvalue weighted by Crippen LogP contribution is -2.53. The second-order valence-corrected chi connectivity index (χ2v) is 5.78. The molecule has 0 saturated heterocycles. The van der Waals surface area contributed by atoms with Gasteiger partial charge in [-0.15, -0.1) is 0 Å². The van der Waals surface area contributed by atoms with E-state index in [2.05, 4.69) is 0 Å². The quantitative estimate of drug-likeness (QED) is 0.698. The minimum absolute atomic E-state index is 0.185. The molecular weight excluding hydrogens is 206 g/mol. The summed E-state index contributed by atoms with van der Waals surface area (Å²) >= 11 is 0. The van der Waals surface area contributed by atoms with E-state index in [0.29, 0.717) is 18.8 Å². The van der Waals surface area contributed by atoms with E-state index in [1.807, 2.05) is 20.8 Å². The zero-order valence-corrected chi connectivity index (χ0v) is 10.5. The normalized spacial score (nSPS) is 31.2. The molecule has 1 aliphatic rings. The summed E-state index contributed by atoms with van der Waals surface area (Å²) in [6.07, 6.45) is 2.80. The molecule has 1 rings (SSSR count). The van der Waals surface area contributed by atoms with Gasteiger partial charge in [-0.2, -0.15) is 0 Å². The highest BCUT2D eigenvalue weighted by molar-refractivity contribution is 5.81. The van der Waals surface area contributed by atoms with Crippen LogP contribution >= 0.6 is 0 Å². The predicted molar refractivity (Wildman–Crippen MR) is 61.8 cm³/mol. The Labute approximate surface area is 97.2 Å². The van der Waals surface area contributed by atoms with Gasteiger partial charge in [0.1, 0.15) is 11.1 Å². The van der Waals surface area contributed by atoms with Crippen molar-refractivity contribution in [3.8, 4) is 0 Å². The minimum Gasteiger partial charge on any atom is -0.459 e. The van der Waals surface area contributed by atoms with Crippen LogP contribution < -0.4 is 5.73 Å². The molecular formula is C12H23NO3. The highest BCUT2D eigenvalue weighted by Gasteiger charge is 2.40. The number of hydrogen-bond donors (Lipinski definition) is 2. The Kier molecular flexibility index (Phi) is 3.97. The van der Waals surface area contributed by atoms with Crippen molar-refractivity contribution in [2.45, 2.75) is 57.6 Å². The van der Waals surface area contributed by atoms with Gasteiger partial charge in [0.2, 0.25) is 0 Å². The fourth-order valence-electron chi connectivity index (χ4n) is 1.96. The first-order chi connectivity index (χ1) is 7.27. The predicted octanol–water partition coefficient (Wildman–Crippen LogP) is 1.21. The van der Waals surface area contributed by atoms with E-state index in [1.54, 1.807) is 0 Å². The molecule has 0 aromatic carbocycles. The number of aliphatic hydroxyl groups excluding tert-OH is 1. The molecule has 16 heavy (non-hydrogen) atoms. The Morgan fingerprint density at radius 3 is 2.31 bits per heavy atom. The SMILES string of the molecule is CC(C)(C)OC(=O)C1(N)CCC(CO)CC1. The number of ether oxygens (including phenoxy) is 1. The molecule has 0 unspecified atom stereocenters. The fraction of sp³-hybridized carbons (Fsp3) is 0.917. The number of hydrogen-bond acceptors (Lipinski definition) is 4. The fourth-order valence-corrected chi connectivity index (χ4v) is 1.96. The average Bonchev–Trinajstić information content (AvgIpc) is 2.16. The Balaban J connectivity index is 2.56. The van der Waals surface area contributed by atoms with Crippen LogP contribution in [0.5, 0.6) is 0 Å². The molecule has 0 bridgehead atoms. The molecule has 1 saturated carbocycles. The number of aliphatic hydroxyl groups is 1. The van der Waals surface area contributed by atoms with Gasteiger partial charge in [-0.3, -0.25) is 4.79 Å². The second kappa shape index (κ2) is 4.72. The molecule has 4 heteroatoms. The van der Waals surface area contributed by atoms with E-state index in [-0.39, 0.29) is 12.6 Å². The molecule has 0 aliphatic heterocycles. The summed E-state index contributed by atoms with van der Waals surface area (Å²) in [6.45, 7) is 5.71. The van der Waals surface area contributed by atoms with Crippen LogP contribution in [0.25, 0.3) is 0 Å². The number of nitrogens with two attached hydrogens (primary N) is 1. The van der Waals surface area contributed by atoms with Gasteiger partial charge in [0, 0.05) is 6.61 Å². The zero-order valence-electron chi connectivity index (χ0n) is 10.5. The van der Waals surface area contributed by atoms with Crippen molar-refractivity contribution >= 4 is 5.97 Å². The van der Waals surface area contributed by atoms with Crippen LogP contribution in [0.4, 0.5) is 0 Å². The second-order valence-electron chi connectivity index (χ2n) is 5.78. The lowest BCUT2D eigenvalue weighted by atomic mass is 9.77. The topological polar surface area (TPSA) is 72.5 Å². The molecule has 1 aliphatic carbocycles. The van der Waals surface area contributed by atoms with Crippen molar-refractivity contribution in [1.29, 1.82) is 0 Å². The van der Waals surface area contributed by atoms with Crippen LogP contribution in [-0.2, 0) is 9.53 Å². The summed E-state index contributed by atoms with van der Waals surface area (Å²) in [6, 6.07) is 0. The number of carbonyl (C=O) groups excluding carboxylic acids is 1. The van der Waals surface area contributed by atoms with Crippen LogP contribution in [0, 0.1) is 5.92 Å². The first kappa shape index (κ1) is 13.5. The number of esters is 1. The van der Waals surface area contributed by atoms with Crippen molar-refractivity contribution in [2.75, 3.05) is 6.61 Å². The van der Waals surface area contributed by atoms with Crippen LogP contribution in [0.2, 0.25) is 0 Å². The summed E-state index contributed by atoms with van der Waals surface area (Å²) in [5.74, 6) is -0.0181. The van der Waals surface area contributed by atoms with Crippen LogP contribution in [-0.4, -0.2) is 28.8 Å². The van der Waals surface area contributed by atoms with Crippen LogP contribution in [0.15, 0.2) is 0 Å². The third kappa shape index (κ3) is 3.46. The molecule has 4 nitrogen and oxygen atoms in total. The Hall–Kier alpha value is -0.610. The lowest BCUT2D eigenvalue weighted by Gasteiger charge is -2.36. The monoisotopic (exact) mass is 229 g/mol. The molecule has 0 aromatic heterocycles. The Morgan fingerprint density at radius 2 is 1.94 bits per heavy atom. The van der Waals surface area contributed by atoms with E-state index in [1.165, 1.54) is 0 Å². The van der Waals surface area contributed by atoms with Crippen LogP contribution in [0.3, 0.4) is 0 Å². The van der Waals surface area contributed by atoms with Gasteiger partial charge in [-0.25, -0.2) is 0 Å². The molecule has 0 amide bonds. The molecule has 0 spiro atoms. The van der Waals surface area contributed by atoms with Crippen molar-refractivity contribution in [3.05, 3.63) is 0 Å². The summed E-state index contributed by atoms with van der Waals surface area (Å²) < 4.78 is 5.32. The zero-order chi connectivity index (χ0) is 12.4. The van der Waals surface area contributed by atoms with Crippen LogP contribution in [0.1, 0.15) is 46.5 Å². The largest absolute Gasteiger partial charge is 0.459 e. The smallest absolute Gasteiger partial charge is 0.326 e. The summed E-state index contributed by atoms with van der Waals surface area (Å²) in [5.41, 5.74) is 4.73. The standard InChI is InChI=1S/C12H23NO3/c1-11(2,3)16-10(15)12(13)6-4-9(8-14)5-7-12/h9,14H,4-8,13H2,1-3H3. The van der Waals surface area contributed by atoms with Gasteiger partial charge in [0.05, 0.1) is 0 Å². The van der Waals surface area contributed by atoms with E-state index in [9.17, 15) is 4.79 Å². The molecule has 0 radical (unpaired) electrons. The Bertz CT molecular complexity index is 249. The van der Waals surface area contributed by atoms with Gasteiger partial charge in [-0.05, 0) is 52.4 Å². The lowest BCUT2D eigenvalue weighted by molar-refractivity contribution is -0.163. The summed E-state index contributed by atoms with van der Waals surface area (Å²) in [4.78, 5) is 11.9. The highest BCUT2D eigenvalue weighted by Crippen LogP contribution is 2.32. The average molecular weight is 229 g/mol. The van der Waals surface area contributed by atoms with E-state index >= 15 is 0 Å². The van der Waals surface area contributed by atoms with Crippen molar-refractivity contribution in [1.82, 2.24) is 0 Å². The molecule has 0 aromatic rings. The van der Waals surface area contributed by atoms with E-state index in [0.717, 1.165) is 12.8 Å². The van der Waals surface area contributed by atoms with E-state index < -0.39 is 11.1 Å². The maximum atomic E-state index is 11.9. The Morgan fingerprint density at radius 1 is 1.44 bits per heavy atom. The molecule has 1 fully saturated rings. The van der Waals surface area contributed by atoms with Gasteiger partial charge < -0.3 is 15.6 Å². The summed E-state index contributed by atoms with van der Waals surface area (Å²) in [5, 5.41) is 9.03. The first-order valence-corrected chi connectivity index (χ1v) is 5.90. The van der Waals surface area contributed by atoms with Crippen molar-refractivity contribution in [3.63, 3.8) is 0 Å².